The molecule has 0 spiro atoms. The quantitative estimate of drug-likeness (QED) is 0.341. The molecule has 0 fully saturated rings. The fourth-order valence-electron chi connectivity index (χ4n) is 0.300. The number of aliphatic hydroxyl groups is 2. The maximum atomic E-state index is 8.39. The van der Waals surface area contributed by atoms with Gasteiger partial charge in [-0.2, -0.15) is 12.6 Å². The molecule has 0 aromatic rings. The lowest BCUT2D eigenvalue weighted by molar-refractivity contribution is -0.870. The second-order valence-electron chi connectivity index (χ2n) is 3.18. The van der Waals surface area contributed by atoms with Gasteiger partial charge in [-0.1, -0.05) is 0 Å². The molecule has 0 saturated heterocycles. The zero-order valence-corrected chi connectivity index (χ0v) is 9.65. The van der Waals surface area contributed by atoms with Crippen LogP contribution in [0.4, 0.5) is 0 Å². The van der Waals surface area contributed by atoms with Gasteiger partial charge in [0.15, 0.2) is 0 Å². The van der Waals surface area contributed by atoms with Crippen molar-refractivity contribution in [1.82, 2.24) is 0 Å². The topological polar surface area (TPSA) is 40.5 Å². The predicted molar refractivity (Wildman–Crippen MR) is 50.9 cm³/mol. The van der Waals surface area contributed by atoms with Crippen molar-refractivity contribution in [1.29, 1.82) is 0 Å². The third-order valence-corrected chi connectivity index (χ3v) is 1.07. The predicted octanol–water partition coefficient (Wildman–Crippen LogP) is -3.40. The van der Waals surface area contributed by atoms with E-state index < -0.39 is 0 Å². The zero-order valence-electron chi connectivity index (χ0n) is 8.00. The van der Waals surface area contributed by atoms with Crippen molar-refractivity contribution in [3.05, 3.63) is 0 Å². The fourth-order valence-corrected chi connectivity index (χ4v) is 0.300. The molecule has 5 heteroatoms. The SMILES string of the molecule is C[N+](C)(C)CCO.OCCS.[Cl-]. The molecule has 78 valence electrons. The van der Waals surface area contributed by atoms with Gasteiger partial charge in [-0.3, -0.25) is 0 Å². The molecule has 0 radical (unpaired) electrons. The summed E-state index contributed by atoms with van der Waals surface area (Å²) in [6.45, 7) is 1.30. The first-order valence-electron chi connectivity index (χ1n) is 3.61. The van der Waals surface area contributed by atoms with Crippen molar-refractivity contribution in [3.63, 3.8) is 0 Å². The van der Waals surface area contributed by atoms with Crippen molar-refractivity contribution in [3.8, 4) is 0 Å². The molecule has 0 amide bonds. The Labute approximate surface area is 86.8 Å². The average molecular weight is 218 g/mol. The molecule has 12 heavy (non-hydrogen) atoms. The van der Waals surface area contributed by atoms with E-state index in [1.165, 1.54) is 0 Å². The second kappa shape index (κ2) is 11.5. The van der Waals surface area contributed by atoms with Crippen LogP contribution in [-0.4, -0.2) is 61.4 Å². The van der Waals surface area contributed by atoms with Gasteiger partial charge in [-0.05, 0) is 0 Å². The molecule has 0 aliphatic heterocycles. The van der Waals surface area contributed by atoms with E-state index in [-0.39, 0.29) is 25.6 Å². The van der Waals surface area contributed by atoms with E-state index in [1.807, 2.05) is 0 Å². The normalized spacial score (nSPS) is 9.50. The van der Waals surface area contributed by atoms with E-state index in [1.54, 1.807) is 0 Å². The van der Waals surface area contributed by atoms with E-state index in [0.717, 1.165) is 11.0 Å². The number of rotatable bonds is 3. The minimum atomic E-state index is 0. The Morgan fingerprint density at radius 2 is 1.42 bits per heavy atom. The van der Waals surface area contributed by atoms with Crippen molar-refractivity contribution in [2.45, 2.75) is 0 Å². The maximum absolute atomic E-state index is 8.39. The summed E-state index contributed by atoms with van der Waals surface area (Å²) in [5, 5.41) is 16.2. The molecule has 0 rings (SSSR count). The summed E-state index contributed by atoms with van der Waals surface area (Å²) in [5.41, 5.74) is 0. The van der Waals surface area contributed by atoms with Crippen LogP contribution in [0.15, 0.2) is 0 Å². The smallest absolute Gasteiger partial charge is 0.101 e. The summed E-state index contributed by atoms with van der Waals surface area (Å²) in [5.74, 6) is 0.569. The molecule has 0 aliphatic carbocycles. The zero-order chi connectivity index (χ0) is 9.33. The van der Waals surface area contributed by atoms with Gasteiger partial charge in [0.1, 0.15) is 6.54 Å². The first kappa shape index (κ1) is 18.3. The van der Waals surface area contributed by atoms with Crippen molar-refractivity contribution in [2.24, 2.45) is 0 Å². The van der Waals surface area contributed by atoms with Gasteiger partial charge in [0.25, 0.3) is 0 Å². The van der Waals surface area contributed by atoms with Crippen LogP contribution in [0, 0.1) is 0 Å². The van der Waals surface area contributed by atoms with Gasteiger partial charge >= 0.3 is 0 Å². The summed E-state index contributed by atoms with van der Waals surface area (Å²) in [7, 11) is 6.16. The minimum Gasteiger partial charge on any atom is -1.00 e. The number of likely N-dealkylation sites (N-methyl/N-ethyl adjacent to an activating group) is 1. The highest BCUT2D eigenvalue weighted by Crippen LogP contribution is 1.84. The number of hydrogen-bond acceptors (Lipinski definition) is 3. The Balaban J connectivity index is -0.000000142. The van der Waals surface area contributed by atoms with Crippen LogP contribution in [0.3, 0.4) is 0 Å². The Kier molecular flexibility index (Phi) is 17.6. The summed E-state index contributed by atoms with van der Waals surface area (Å²) in [4.78, 5) is 0. The van der Waals surface area contributed by atoms with Gasteiger partial charge in [-0.15, -0.1) is 0 Å². The number of thiol groups is 1. The fraction of sp³-hybridized carbons (Fsp3) is 1.00. The molecule has 0 aromatic heterocycles. The highest BCUT2D eigenvalue weighted by molar-refractivity contribution is 7.80. The maximum Gasteiger partial charge on any atom is 0.101 e. The van der Waals surface area contributed by atoms with E-state index >= 15 is 0 Å². The standard InChI is InChI=1S/C5H14NO.C2H6OS.ClH/c1-6(2,3)4-5-7;3-1-2-4;/h7H,4-5H2,1-3H3;3-4H,1-2H2;1H/q+1;;/p-1. The van der Waals surface area contributed by atoms with Crippen LogP contribution in [0.5, 0.6) is 0 Å². The Morgan fingerprint density at radius 3 is 1.42 bits per heavy atom. The number of halogens is 1. The third-order valence-electron chi connectivity index (χ3n) is 0.871. The van der Waals surface area contributed by atoms with Gasteiger partial charge in [0, 0.05) is 5.75 Å². The van der Waals surface area contributed by atoms with Crippen molar-refractivity contribution in [2.75, 3.05) is 46.7 Å². The monoisotopic (exact) mass is 217 g/mol. The minimum absolute atomic E-state index is 0. The van der Waals surface area contributed by atoms with E-state index in [2.05, 4.69) is 33.8 Å². The van der Waals surface area contributed by atoms with Crippen LogP contribution in [-0.2, 0) is 0 Å². The lowest BCUT2D eigenvalue weighted by Crippen LogP contribution is -3.00. The molecule has 3 nitrogen and oxygen atoms in total. The van der Waals surface area contributed by atoms with E-state index in [4.69, 9.17) is 10.2 Å². The van der Waals surface area contributed by atoms with Crippen molar-refractivity contribution < 1.29 is 27.1 Å². The third kappa shape index (κ3) is 31.3. The molecule has 0 unspecified atom stereocenters. The molecule has 0 atom stereocenters. The summed E-state index contributed by atoms with van der Waals surface area (Å²) in [6.07, 6.45) is 0. The number of nitrogens with zero attached hydrogens (tertiary/aromatic N) is 1. The molecule has 0 aromatic carbocycles. The molecular formula is C7H20ClNO2S. The van der Waals surface area contributed by atoms with Crippen molar-refractivity contribution >= 4 is 12.6 Å². The molecule has 0 bridgehead atoms. The first-order valence-corrected chi connectivity index (χ1v) is 4.24. The van der Waals surface area contributed by atoms with Crippen LogP contribution in [0.25, 0.3) is 0 Å². The number of aliphatic hydroxyl groups excluding tert-OH is 2. The number of quaternary nitrogens is 1. The Morgan fingerprint density at radius 1 is 1.08 bits per heavy atom. The summed E-state index contributed by atoms with van der Waals surface area (Å²) >= 11 is 3.67. The lowest BCUT2D eigenvalue weighted by Gasteiger charge is -2.21. The largest absolute Gasteiger partial charge is 1.00 e. The lowest BCUT2D eigenvalue weighted by atomic mass is 10.5. The van der Waals surface area contributed by atoms with Gasteiger partial charge < -0.3 is 27.1 Å². The first-order chi connectivity index (χ1) is 4.97. The van der Waals surface area contributed by atoms with Crippen LogP contribution in [0.1, 0.15) is 0 Å². The van der Waals surface area contributed by atoms with Gasteiger partial charge in [0.2, 0.25) is 0 Å². The average Bonchev–Trinajstić information content (AvgIpc) is 1.86. The second-order valence-corrected chi connectivity index (χ2v) is 3.63. The molecule has 0 saturated carbocycles. The molecule has 0 aliphatic rings. The van der Waals surface area contributed by atoms with Crippen LogP contribution < -0.4 is 12.4 Å². The molecule has 0 heterocycles. The van der Waals surface area contributed by atoms with Crippen LogP contribution >= 0.6 is 12.6 Å². The summed E-state index contributed by atoms with van der Waals surface area (Å²) < 4.78 is 0.844. The number of hydrogen-bond donors (Lipinski definition) is 3. The Bertz CT molecular complexity index is 76.3. The van der Waals surface area contributed by atoms with E-state index in [0.29, 0.717) is 5.75 Å². The Hall–Kier alpha value is 0.520. The van der Waals surface area contributed by atoms with Gasteiger partial charge in [-0.25, -0.2) is 0 Å². The summed E-state index contributed by atoms with van der Waals surface area (Å²) in [6, 6.07) is 0. The van der Waals surface area contributed by atoms with Gasteiger partial charge in [0.05, 0.1) is 34.4 Å². The molecular weight excluding hydrogens is 198 g/mol. The molecule has 2 N–H and O–H groups in total. The van der Waals surface area contributed by atoms with E-state index in [9.17, 15) is 0 Å². The highest BCUT2D eigenvalue weighted by atomic mass is 35.5. The highest BCUT2D eigenvalue weighted by Gasteiger charge is 2.02. The van der Waals surface area contributed by atoms with Crippen LogP contribution in [0.2, 0.25) is 0 Å².